The average molecular weight is 384 g/mol. The minimum Gasteiger partial charge on any atom is -0.506 e. The Hall–Kier alpha value is -1.40. The van der Waals surface area contributed by atoms with Crippen molar-refractivity contribution in [1.29, 1.82) is 0 Å². The van der Waals surface area contributed by atoms with E-state index in [1.54, 1.807) is 6.92 Å². The number of esters is 1. The largest absolute Gasteiger partial charge is 0.506 e. The molecule has 0 saturated carbocycles. The molecule has 1 aromatic rings. The lowest BCUT2D eigenvalue weighted by Crippen LogP contribution is -2.40. The zero-order chi connectivity index (χ0) is 17.0. The van der Waals surface area contributed by atoms with Gasteiger partial charge >= 0.3 is 5.97 Å². The van der Waals surface area contributed by atoms with Gasteiger partial charge in [0.1, 0.15) is 11.3 Å². The summed E-state index contributed by atoms with van der Waals surface area (Å²) in [5.74, 6) is -1.15. The van der Waals surface area contributed by atoms with Crippen molar-refractivity contribution in [3.63, 3.8) is 0 Å². The molecule has 1 fully saturated rings. The van der Waals surface area contributed by atoms with Gasteiger partial charge in [-0.1, -0.05) is 29.3 Å². The van der Waals surface area contributed by atoms with Crippen molar-refractivity contribution in [1.82, 2.24) is 4.90 Å². The van der Waals surface area contributed by atoms with Crippen LogP contribution in [0.15, 0.2) is 16.6 Å². The molecule has 0 radical (unpaired) electrons. The van der Waals surface area contributed by atoms with Crippen molar-refractivity contribution in [2.24, 2.45) is 0 Å². The highest BCUT2D eigenvalue weighted by Crippen LogP contribution is 2.29. The molecule has 0 aliphatic carbocycles. The second-order valence-electron chi connectivity index (χ2n) is 5.73. The number of aromatic hydroxyl groups is 1. The van der Waals surface area contributed by atoms with Crippen LogP contribution in [0.1, 0.15) is 60.2 Å². The quantitative estimate of drug-likeness (QED) is 0.619. The van der Waals surface area contributed by atoms with E-state index in [1.165, 1.54) is 18.6 Å². The average Bonchev–Trinajstić information content (AvgIpc) is 2.56. The molecule has 1 heterocycles. The summed E-state index contributed by atoms with van der Waals surface area (Å²) in [5.41, 5.74) is 0.152. The van der Waals surface area contributed by atoms with Crippen molar-refractivity contribution in [2.45, 2.75) is 45.8 Å². The second kappa shape index (κ2) is 7.93. The molecule has 2 rings (SSSR count). The third kappa shape index (κ3) is 4.32. The van der Waals surface area contributed by atoms with Gasteiger partial charge in [0.05, 0.1) is 5.56 Å². The summed E-state index contributed by atoms with van der Waals surface area (Å²) in [6.45, 7) is 5.34. The van der Waals surface area contributed by atoms with E-state index in [0.717, 1.165) is 25.9 Å². The molecule has 1 aliphatic rings. The maximum absolute atomic E-state index is 12.4. The van der Waals surface area contributed by atoms with Crippen LogP contribution in [-0.4, -0.2) is 41.1 Å². The second-order valence-corrected chi connectivity index (χ2v) is 6.64. The molecule has 126 valence electrons. The van der Waals surface area contributed by atoms with Gasteiger partial charge in [0.2, 0.25) is 0 Å². The van der Waals surface area contributed by atoms with E-state index in [-0.39, 0.29) is 35.3 Å². The number of piperidine rings is 1. The summed E-state index contributed by atoms with van der Waals surface area (Å²) >= 11 is 3.27. The molecule has 23 heavy (non-hydrogen) atoms. The number of Topliss-reactive ketones (excluding diaryl/α,β-unsaturated/α-hetero) is 1. The summed E-state index contributed by atoms with van der Waals surface area (Å²) in [5, 5.41) is 10.3. The first-order chi connectivity index (χ1) is 10.9. The molecule has 1 N–H and O–H groups in total. The maximum atomic E-state index is 12.4. The van der Waals surface area contributed by atoms with Crippen molar-refractivity contribution < 1.29 is 19.4 Å². The zero-order valence-corrected chi connectivity index (χ0v) is 15.1. The molecule has 1 atom stereocenters. The van der Waals surface area contributed by atoms with Crippen LogP contribution < -0.4 is 0 Å². The van der Waals surface area contributed by atoms with Crippen molar-refractivity contribution in [3.05, 3.63) is 27.7 Å². The molecule has 0 bridgehead atoms. The Balaban J connectivity index is 2.18. The summed E-state index contributed by atoms with van der Waals surface area (Å²) in [6, 6.07) is 3.00. The molecule has 0 aromatic heterocycles. The fourth-order valence-corrected chi connectivity index (χ4v) is 3.19. The fourth-order valence-electron chi connectivity index (χ4n) is 2.73. The number of carbonyl (C=O) groups is 2. The number of phenols is 1. The predicted molar refractivity (Wildman–Crippen MR) is 90.7 cm³/mol. The Kier molecular flexibility index (Phi) is 6.18. The number of hydrogen-bond acceptors (Lipinski definition) is 5. The number of benzene rings is 1. The monoisotopic (exact) mass is 383 g/mol. The molecule has 1 unspecified atom stereocenters. The van der Waals surface area contributed by atoms with Crippen LogP contribution in [-0.2, 0) is 4.74 Å². The number of carbonyl (C=O) groups excluding carboxylic acids is 2. The smallest absolute Gasteiger partial charge is 0.343 e. The van der Waals surface area contributed by atoms with Crippen LogP contribution in [0.3, 0.4) is 0 Å². The van der Waals surface area contributed by atoms with Crippen LogP contribution >= 0.6 is 15.9 Å². The van der Waals surface area contributed by atoms with Gasteiger partial charge < -0.3 is 9.84 Å². The molecule has 1 saturated heterocycles. The predicted octanol–water partition coefficient (Wildman–Crippen LogP) is 3.74. The van der Waals surface area contributed by atoms with E-state index in [1.807, 2.05) is 6.92 Å². The number of nitrogens with zero attached hydrogens (tertiary/aromatic N) is 1. The van der Waals surface area contributed by atoms with E-state index >= 15 is 0 Å². The van der Waals surface area contributed by atoms with E-state index in [9.17, 15) is 14.7 Å². The maximum Gasteiger partial charge on any atom is 0.343 e. The van der Waals surface area contributed by atoms with Gasteiger partial charge in [-0.2, -0.15) is 0 Å². The molecule has 1 aromatic carbocycles. The van der Waals surface area contributed by atoms with Crippen molar-refractivity contribution in [3.8, 4) is 5.75 Å². The highest BCUT2D eigenvalue weighted by atomic mass is 79.9. The number of ether oxygens (including phenoxy) is 1. The summed E-state index contributed by atoms with van der Waals surface area (Å²) in [4.78, 5) is 26.4. The molecular weight excluding hydrogens is 362 g/mol. The first kappa shape index (κ1) is 17.9. The molecule has 1 aliphatic heterocycles. The summed E-state index contributed by atoms with van der Waals surface area (Å²) in [7, 11) is 0. The van der Waals surface area contributed by atoms with E-state index in [0.29, 0.717) is 4.47 Å². The lowest BCUT2D eigenvalue weighted by atomic mass is 10.0. The van der Waals surface area contributed by atoms with E-state index in [2.05, 4.69) is 20.8 Å². The van der Waals surface area contributed by atoms with Gasteiger partial charge in [0.25, 0.3) is 0 Å². The van der Waals surface area contributed by atoms with Gasteiger partial charge in [0.15, 0.2) is 12.0 Å². The molecule has 0 amide bonds. The Morgan fingerprint density at radius 3 is 2.48 bits per heavy atom. The van der Waals surface area contributed by atoms with Gasteiger partial charge in [-0.05, 0) is 31.9 Å². The Morgan fingerprint density at radius 2 is 1.87 bits per heavy atom. The van der Waals surface area contributed by atoms with Crippen molar-refractivity contribution in [2.75, 3.05) is 13.1 Å². The van der Waals surface area contributed by atoms with E-state index < -0.39 is 5.97 Å². The fraction of sp³-hybridized carbons (Fsp3) is 0.529. The zero-order valence-electron chi connectivity index (χ0n) is 13.5. The number of likely N-dealkylation sites (tertiary alicyclic amines) is 1. The third-order valence-corrected chi connectivity index (χ3v) is 4.56. The normalized spacial score (nSPS) is 16.8. The number of phenolic OH excluding ortho intramolecular Hbond substituents is 1. The van der Waals surface area contributed by atoms with Gasteiger partial charge in [-0.3, -0.25) is 9.69 Å². The molecular formula is C17H22BrNO4. The standard InChI is InChI=1S/C17H22BrNO4/c1-3-15(20)13-9-12(18)10-14(16(13)21)17(22)23-11(2)19-7-5-4-6-8-19/h9-11,21H,3-8H2,1-2H3. The Morgan fingerprint density at radius 1 is 1.26 bits per heavy atom. The minimum absolute atomic E-state index is 0.0139. The number of halogens is 1. The highest BCUT2D eigenvalue weighted by molar-refractivity contribution is 9.10. The first-order valence-corrected chi connectivity index (χ1v) is 8.74. The molecule has 0 spiro atoms. The number of hydrogen-bond donors (Lipinski definition) is 1. The van der Waals surface area contributed by atoms with Gasteiger partial charge in [-0.25, -0.2) is 4.79 Å². The van der Waals surface area contributed by atoms with Gasteiger partial charge in [-0.15, -0.1) is 0 Å². The van der Waals surface area contributed by atoms with Crippen molar-refractivity contribution >= 4 is 27.7 Å². The van der Waals surface area contributed by atoms with Crippen LogP contribution in [0, 0.1) is 0 Å². The van der Waals surface area contributed by atoms with E-state index in [4.69, 9.17) is 4.74 Å². The minimum atomic E-state index is -0.618. The SMILES string of the molecule is CCC(=O)c1cc(Br)cc(C(=O)OC(C)N2CCCCC2)c1O. The number of ketones is 1. The number of rotatable bonds is 5. The lowest BCUT2D eigenvalue weighted by molar-refractivity contribution is -0.0300. The molecule has 5 nitrogen and oxygen atoms in total. The lowest BCUT2D eigenvalue weighted by Gasteiger charge is -2.31. The summed E-state index contributed by atoms with van der Waals surface area (Å²) < 4.78 is 6.03. The molecule has 6 heteroatoms. The Labute approximate surface area is 144 Å². The Bertz CT molecular complexity index is 597. The topological polar surface area (TPSA) is 66.8 Å². The van der Waals surface area contributed by atoms with Crippen LogP contribution in [0.2, 0.25) is 0 Å². The van der Waals surface area contributed by atoms with Crippen LogP contribution in [0.25, 0.3) is 0 Å². The van der Waals surface area contributed by atoms with Gasteiger partial charge in [0, 0.05) is 24.0 Å². The summed E-state index contributed by atoms with van der Waals surface area (Å²) in [6.07, 6.45) is 3.29. The highest BCUT2D eigenvalue weighted by Gasteiger charge is 2.24. The third-order valence-electron chi connectivity index (χ3n) is 4.10. The van der Waals surface area contributed by atoms with Crippen LogP contribution in [0.5, 0.6) is 5.75 Å². The first-order valence-electron chi connectivity index (χ1n) is 7.94. The van der Waals surface area contributed by atoms with Crippen LogP contribution in [0.4, 0.5) is 0 Å².